The summed E-state index contributed by atoms with van der Waals surface area (Å²) in [6, 6.07) is 18.7. The fraction of sp³-hybridized carbons (Fsp3) is 0.308. The average molecular weight is 464 g/mol. The van der Waals surface area contributed by atoms with Gasteiger partial charge in [-0.05, 0) is 23.6 Å². The molecule has 2 N–H and O–H groups in total. The minimum atomic E-state index is -0.963. The number of ether oxygens (including phenoxy) is 2. The Morgan fingerprint density at radius 3 is 2.32 bits per heavy atom. The maximum Gasteiger partial charge on any atom is 0.408 e. The van der Waals surface area contributed by atoms with Crippen LogP contribution in [-0.2, 0) is 32.1 Å². The van der Waals surface area contributed by atoms with Crippen molar-refractivity contribution < 1.29 is 23.9 Å². The lowest BCUT2D eigenvalue weighted by atomic mass is 10.0. The van der Waals surface area contributed by atoms with Crippen LogP contribution in [0.3, 0.4) is 0 Å². The van der Waals surface area contributed by atoms with Crippen LogP contribution in [0.4, 0.5) is 4.79 Å². The molecule has 0 aliphatic carbocycles. The van der Waals surface area contributed by atoms with Gasteiger partial charge in [0, 0.05) is 17.5 Å². The number of hydrogen-bond acceptors (Lipinski definition) is 6. The molecule has 0 saturated carbocycles. The van der Waals surface area contributed by atoms with Crippen LogP contribution in [0.15, 0.2) is 66.7 Å². The van der Waals surface area contributed by atoms with Gasteiger partial charge in [-0.3, -0.25) is 9.78 Å². The molecule has 2 atom stereocenters. The van der Waals surface area contributed by atoms with Crippen LogP contribution >= 0.6 is 0 Å². The number of carbonyl (C=O) groups excluding carboxylic acids is 3. The number of amides is 2. The number of rotatable bonds is 9. The minimum absolute atomic E-state index is 0.0809. The lowest BCUT2D eigenvalue weighted by Gasteiger charge is -2.24. The molecule has 2 amide bonds. The summed E-state index contributed by atoms with van der Waals surface area (Å²) in [5.41, 5.74) is 2.25. The third-order valence-corrected chi connectivity index (χ3v) is 5.31. The smallest absolute Gasteiger partial charge is 0.408 e. The first-order valence-electron chi connectivity index (χ1n) is 11.1. The maximum absolute atomic E-state index is 13.0. The van der Waals surface area contributed by atoms with Gasteiger partial charge in [-0.15, -0.1) is 0 Å². The van der Waals surface area contributed by atoms with Crippen LogP contribution in [0.5, 0.6) is 0 Å². The predicted molar refractivity (Wildman–Crippen MR) is 128 cm³/mol. The highest BCUT2D eigenvalue weighted by molar-refractivity contribution is 5.90. The molecule has 34 heavy (non-hydrogen) atoms. The molecular weight excluding hydrogens is 434 g/mol. The average Bonchev–Trinajstić information content (AvgIpc) is 2.85. The van der Waals surface area contributed by atoms with Crippen LogP contribution in [0.25, 0.3) is 10.9 Å². The molecule has 0 radical (unpaired) electrons. The number of methoxy groups -OCH3 is 1. The van der Waals surface area contributed by atoms with Crippen molar-refractivity contribution in [3.63, 3.8) is 0 Å². The van der Waals surface area contributed by atoms with Crippen LogP contribution in [-0.4, -0.2) is 42.1 Å². The van der Waals surface area contributed by atoms with Crippen LogP contribution in [0.1, 0.15) is 25.1 Å². The molecule has 1 heterocycles. The highest BCUT2D eigenvalue weighted by Gasteiger charge is 2.30. The molecule has 8 nitrogen and oxygen atoms in total. The van der Waals surface area contributed by atoms with Crippen molar-refractivity contribution in [2.75, 3.05) is 7.11 Å². The third kappa shape index (κ3) is 6.78. The Balaban J connectivity index is 1.66. The van der Waals surface area contributed by atoms with E-state index in [4.69, 9.17) is 9.47 Å². The Hall–Kier alpha value is -3.94. The molecule has 3 rings (SSSR count). The highest BCUT2D eigenvalue weighted by Crippen LogP contribution is 2.14. The van der Waals surface area contributed by atoms with Gasteiger partial charge in [0.15, 0.2) is 0 Å². The first kappa shape index (κ1) is 24.7. The maximum atomic E-state index is 13.0. The summed E-state index contributed by atoms with van der Waals surface area (Å²) in [6.45, 7) is 3.66. The number of alkyl carbamates (subject to hydrolysis) is 1. The lowest BCUT2D eigenvalue weighted by Crippen LogP contribution is -2.54. The Kier molecular flexibility index (Phi) is 8.56. The van der Waals surface area contributed by atoms with E-state index in [1.54, 1.807) is 13.8 Å². The summed E-state index contributed by atoms with van der Waals surface area (Å²) in [5.74, 6) is -1.36. The molecule has 0 spiro atoms. The van der Waals surface area contributed by atoms with Gasteiger partial charge in [-0.25, -0.2) is 9.59 Å². The van der Waals surface area contributed by atoms with E-state index in [0.717, 1.165) is 16.5 Å². The molecule has 1 aromatic heterocycles. The molecule has 0 unspecified atom stereocenters. The number of fused-ring (bicyclic) bond motifs is 1. The van der Waals surface area contributed by atoms with Gasteiger partial charge in [-0.1, -0.05) is 68.4 Å². The SMILES string of the molecule is COC(=O)[C@@H](Cc1ccc2ccccc2n1)NC(=O)[C@@H](NC(=O)OCc1ccccc1)C(C)C. The number of para-hydroxylation sites is 1. The fourth-order valence-electron chi connectivity index (χ4n) is 3.45. The van der Waals surface area contributed by atoms with E-state index < -0.39 is 30.1 Å². The van der Waals surface area contributed by atoms with E-state index in [1.807, 2.05) is 66.7 Å². The number of carbonyl (C=O) groups is 3. The van der Waals surface area contributed by atoms with E-state index in [-0.39, 0.29) is 18.9 Å². The second kappa shape index (κ2) is 11.8. The summed E-state index contributed by atoms with van der Waals surface area (Å²) in [5, 5.41) is 6.27. The first-order chi connectivity index (χ1) is 16.4. The molecule has 0 saturated heterocycles. The van der Waals surface area contributed by atoms with Gasteiger partial charge in [0.05, 0.1) is 12.6 Å². The normalized spacial score (nSPS) is 12.6. The molecule has 0 fully saturated rings. The highest BCUT2D eigenvalue weighted by atomic mass is 16.5. The summed E-state index contributed by atoms with van der Waals surface area (Å²) < 4.78 is 10.1. The largest absolute Gasteiger partial charge is 0.467 e. The molecule has 0 aliphatic rings. The monoisotopic (exact) mass is 463 g/mol. The van der Waals surface area contributed by atoms with Gasteiger partial charge in [0.2, 0.25) is 5.91 Å². The molecule has 8 heteroatoms. The lowest BCUT2D eigenvalue weighted by molar-refractivity contribution is -0.145. The van der Waals surface area contributed by atoms with E-state index in [2.05, 4.69) is 15.6 Å². The Labute approximate surface area is 198 Å². The number of nitrogens with zero attached hydrogens (tertiary/aromatic N) is 1. The van der Waals surface area contributed by atoms with Crippen molar-refractivity contribution in [2.24, 2.45) is 5.92 Å². The van der Waals surface area contributed by atoms with Gasteiger partial charge in [0.1, 0.15) is 18.7 Å². The van der Waals surface area contributed by atoms with Crippen LogP contribution in [0, 0.1) is 5.92 Å². The summed E-state index contributed by atoms with van der Waals surface area (Å²) in [4.78, 5) is 42.3. The van der Waals surface area contributed by atoms with Crippen molar-refractivity contribution in [2.45, 2.75) is 39.0 Å². The van der Waals surface area contributed by atoms with Crippen molar-refractivity contribution >= 4 is 28.9 Å². The topological polar surface area (TPSA) is 107 Å². The molecule has 0 aliphatic heterocycles. The number of hydrogen-bond donors (Lipinski definition) is 2. The molecule has 0 bridgehead atoms. The zero-order chi connectivity index (χ0) is 24.5. The number of pyridine rings is 1. The van der Waals surface area contributed by atoms with Crippen molar-refractivity contribution in [1.29, 1.82) is 0 Å². The third-order valence-electron chi connectivity index (χ3n) is 5.31. The molecule has 3 aromatic rings. The van der Waals surface area contributed by atoms with Crippen LogP contribution in [0.2, 0.25) is 0 Å². The summed E-state index contributed by atoms with van der Waals surface area (Å²) in [6.07, 6.45) is -0.574. The Morgan fingerprint density at radius 2 is 1.62 bits per heavy atom. The number of nitrogens with one attached hydrogen (secondary N) is 2. The van der Waals surface area contributed by atoms with Crippen molar-refractivity contribution in [3.8, 4) is 0 Å². The van der Waals surface area contributed by atoms with Crippen molar-refractivity contribution in [3.05, 3.63) is 78.0 Å². The molecular formula is C26H29N3O5. The van der Waals surface area contributed by atoms with Crippen LogP contribution < -0.4 is 10.6 Å². The first-order valence-corrected chi connectivity index (χ1v) is 11.1. The molecule has 178 valence electrons. The zero-order valence-electron chi connectivity index (χ0n) is 19.5. The van der Waals surface area contributed by atoms with Gasteiger partial charge in [-0.2, -0.15) is 0 Å². The number of esters is 1. The van der Waals surface area contributed by atoms with Gasteiger partial charge >= 0.3 is 12.1 Å². The van der Waals surface area contributed by atoms with E-state index in [9.17, 15) is 14.4 Å². The molecule has 2 aromatic carbocycles. The minimum Gasteiger partial charge on any atom is -0.467 e. The predicted octanol–water partition coefficient (Wildman–Crippen LogP) is 3.39. The fourth-order valence-corrected chi connectivity index (χ4v) is 3.45. The van der Waals surface area contributed by atoms with E-state index in [1.165, 1.54) is 7.11 Å². The number of benzene rings is 2. The second-order valence-corrected chi connectivity index (χ2v) is 8.21. The second-order valence-electron chi connectivity index (χ2n) is 8.21. The summed E-state index contributed by atoms with van der Waals surface area (Å²) in [7, 11) is 1.26. The number of aromatic nitrogens is 1. The van der Waals surface area contributed by atoms with E-state index >= 15 is 0 Å². The van der Waals surface area contributed by atoms with Crippen molar-refractivity contribution in [1.82, 2.24) is 15.6 Å². The van der Waals surface area contributed by atoms with E-state index in [0.29, 0.717) is 5.69 Å². The Bertz CT molecular complexity index is 1130. The Morgan fingerprint density at radius 1 is 0.912 bits per heavy atom. The van der Waals surface area contributed by atoms with Gasteiger partial charge < -0.3 is 20.1 Å². The standard InChI is InChI=1S/C26H29N3O5/c1-17(2)23(29-26(32)34-16-18-9-5-4-6-10-18)24(30)28-22(25(31)33-3)15-20-14-13-19-11-7-8-12-21(19)27-20/h4-14,17,22-23H,15-16H2,1-3H3,(H,28,30)(H,29,32)/t22-,23+/m1/s1. The zero-order valence-corrected chi connectivity index (χ0v) is 19.5. The van der Waals surface area contributed by atoms with Gasteiger partial charge in [0.25, 0.3) is 0 Å². The summed E-state index contributed by atoms with van der Waals surface area (Å²) >= 11 is 0. The quantitative estimate of drug-likeness (QED) is 0.471.